The third kappa shape index (κ3) is 2.81. The Morgan fingerprint density at radius 3 is 2.53 bits per heavy atom. The lowest BCUT2D eigenvalue weighted by Crippen LogP contribution is -2.13. The lowest BCUT2D eigenvalue weighted by Gasteiger charge is -2.17. The first-order chi connectivity index (χ1) is 8.22. The molecule has 0 N–H and O–H groups in total. The van der Waals surface area contributed by atoms with Crippen LogP contribution in [-0.4, -0.2) is 5.38 Å². The fourth-order valence-electron chi connectivity index (χ4n) is 2.14. The Morgan fingerprint density at radius 2 is 1.76 bits per heavy atom. The van der Waals surface area contributed by atoms with Crippen molar-refractivity contribution in [3.8, 4) is 0 Å². The molecule has 1 heteroatoms. The fourth-order valence-corrected chi connectivity index (χ4v) is 2.48. The van der Waals surface area contributed by atoms with Crippen molar-refractivity contribution < 1.29 is 0 Å². The van der Waals surface area contributed by atoms with E-state index in [-0.39, 0.29) is 5.38 Å². The van der Waals surface area contributed by atoms with Crippen LogP contribution in [-0.2, 0) is 6.42 Å². The molecule has 0 fully saturated rings. The third-order valence-electron chi connectivity index (χ3n) is 3.56. The van der Waals surface area contributed by atoms with E-state index in [1.165, 1.54) is 16.3 Å². The van der Waals surface area contributed by atoms with Gasteiger partial charge in [0.2, 0.25) is 0 Å². The smallest absolute Gasteiger partial charge is 0.0402 e. The minimum Gasteiger partial charge on any atom is -0.122 e. The topological polar surface area (TPSA) is 0 Å². The van der Waals surface area contributed by atoms with Gasteiger partial charge in [-0.3, -0.25) is 0 Å². The molecule has 0 amide bonds. The summed E-state index contributed by atoms with van der Waals surface area (Å²) in [6.45, 7) is 4.42. The minimum atomic E-state index is 0.228. The standard InChI is InChI=1S/C16H19Cl/c1-3-12(2)16(17)11-14-9-6-8-13-7-4-5-10-15(13)14/h4-10,12,16H,3,11H2,1-2H3. The van der Waals surface area contributed by atoms with Crippen LogP contribution in [0, 0.1) is 5.92 Å². The second-order valence-electron chi connectivity index (χ2n) is 4.74. The van der Waals surface area contributed by atoms with E-state index < -0.39 is 0 Å². The molecule has 90 valence electrons. The Bertz CT molecular complexity index is 484. The zero-order valence-corrected chi connectivity index (χ0v) is 11.2. The van der Waals surface area contributed by atoms with Crippen LogP contribution in [0.1, 0.15) is 25.8 Å². The molecule has 0 nitrogen and oxygen atoms in total. The summed E-state index contributed by atoms with van der Waals surface area (Å²) in [6, 6.07) is 15.0. The molecule has 0 aromatic heterocycles. The van der Waals surface area contributed by atoms with E-state index in [0.29, 0.717) is 5.92 Å². The molecule has 0 saturated heterocycles. The third-order valence-corrected chi connectivity index (χ3v) is 4.14. The van der Waals surface area contributed by atoms with Gasteiger partial charge in [0.05, 0.1) is 0 Å². The molecule has 0 heterocycles. The van der Waals surface area contributed by atoms with Crippen molar-refractivity contribution in [3.05, 3.63) is 48.0 Å². The molecule has 0 spiro atoms. The molecule has 17 heavy (non-hydrogen) atoms. The second kappa shape index (κ2) is 5.55. The van der Waals surface area contributed by atoms with Gasteiger partial charge < -0.3 is 0 Å². The van der Waals surface area contributed by atoms with E-state index in [4.69, 9.17) is 11.6 Å². The first kappa shape index (κ1) is 12.4. The predicted octanol–water partition coefficient (Wildman–Crippen LogP) is 5.04. The Balaban J connectivity index is 2.30. The van der Waals surface area contributed by atoms with Gasteiger partial charge in [-0.05, 0) is 28.7 Å². The molecular weight excluding hydrogens is 228 g/mol. The van der Waals surface area contributed by atoms with E-state index in [9.17, 15) is 0 Å². The highest BCUT2D eigenvalue weighted by atomic mass is 35.5. The van der Waals surface area contributed by atoms with Crippen molar-refractivity contribution >= 4 is 22.4 Å². The van der Waals surface area contributed by atoms with Gasteiger partial charge in [-0.1, -0.05) is 62.7 Å². The van der Waals surface area contributed by atoms with E-state index in [2.05, 4.69) is 56.3 Å². The maximum Gasteiger partial charge on any atom is 0.0402 e. The van der Waals surface area contributed by atoms with Gasteiger partial charge in [0.25, 0.3) is 0 Å². The van der Waals surface area contributed by atoms with Crippen molar-refractivity contribution in [2.45, 2.75) is 32.1 Å². The largest absolute Gasteiger partial charge is 0.122 e. The van der Waals surface area contributed by atoms with Gasteiger partial charge in [-0.25, -0.2) is 0 Å². The first-order valence-corrected chi connectivity index (χ1v) is 6.76. The lowest BCUT2D eigenvalue weighted by atomic mass is 9.95. The zero-order valence-electron chi connectivity index (χ0n) is 10.5. The van der Waals surface area contributed by atoms with Crippen molar-refractivity contribution in [1.82, 2.24) is 0 Å². The molecule has 0 radical (unpaired) electrons. The first-order valence-electron chi connectivity index (χ1n) is 6.33. The average Bonchev–Trinajstić information content (AvgIpc) is 2.38. The van der Waals surface area contributed by atoms with E-state index in [1.807, 2.05) is 0 Å². The van der Waals surface area contributed by atoms with Gasteiger partial charge in [0.1, 0.15) is 0 Å². The highest BCUT2D eigenvalue weighted by Crippen LogP contribution is 2.24. The van der Waals surface area contributed by atoms with Crippen LogP contribution in [0.25, 0.3) is 10.8 Å². The summed E-state index contributed by atoms with van der Waals surface area (Å²) in [5.74, 6) is 0.565. The van der Waals surface area contributed by atoms with E-state index in [0.717, 1.165) is 12.8 Å². The summed E-state index contributed by atoms with van der Waals surface area (Å²) in [5.41, 5.74) is 1.36. The van der Waals surface area contributed by atoms with Crippen LogP contribution >= 0.6 is 11.6 Å². The number of fused-ring (bicyclic) bond motifs is 1. The molecule has 2 aromatic carbocycles. The number of rotatable bonds is 4. The van der Waals surface area contributed by atoms with Crippen LogP contribution in [0.15, 0.2) is 42.5 Å². The number of benzene rings is 2. The summed E-state index contributed by atoms with van der Waals surface area (Å²) in [4.78, 5) is 0. The summed E-state index contributed by atoms with van der Waals surface area (Å²) < 4.78 is 0. The van der Waals surface area contributed by atoms with E-state index in [1.54, 1.807) is 0 Å². The molecular formula is C16H19Cl. The molecule has 2 atom stereocenters. The molecule has 0 aliphatic rings. The summed E-state index contributed by atoms with van der Waals surface area (Å²) >= 11 is 6.47. The maximum absolute atomic E-state index is 6.47. The molecule has 0 aliphatic carbocycles. The van der Waals surface area contributed by atoms with Crippen molar-refractivity contribution in [1.29, 1.82) is 0 Å². The second-order valence-corrected chi connectivity index (χ2v) is 5.30. The summed E-state index contributed by atoms with van der Waals surface area (Å²) in [7, 11) is 0. The molecule has 0 saturated carbocycles. The summed E-state index contributed by atoms with van der Waals surface area (Å²) in [5, 5.41) is 2.87. The van der Waals surface area contributed by atoms with Crippen LogP contribution < -0.4 is 0 Å². The lowest BCUT2D eigenvalue weighted by molar-refractivity contribution is 0.526. The summed E-state index contributed by atoms with van der Waals surface area (Å²) in [6.07, 6.45) is 2.09. The van der Waals surface area contributed by atoms with Crippen molar-refractivity contribution in [3.63, 3.8) is 0 Å². The van der Waals surface area contributed by atoms with Crippen LogP contribution in [0.4, 0.5) is 0 Å². The van der Waals surface area contributed by atoms with Gasteiger partial charge in [-0.15, -0.1) is 11.6 Å². The number of hydrogen-bond donors (Lipinski definition) is 0. The quantitative estimate of drug-likeness (QED) is 0.664. The number of alkyl halides is 1. The van der Waals surface area contributed by atoms with Crippen LogP contribution in [0.2, 0.25) is 0 Å². The number of halogens is 1. The number of hydrogen-bond acceptors (Lipinski definition) is 0. The highest BCUT2D eigenvalue weighted by Gasteiger charge is 2.14. The van der Waals surface area contributed by atoms with Crippen molar-refractivity contribution in [2.24, 2.45) is 5.92 Å². The van der Waals surface area contributed by atoms with Gasteiger partial charge in [0.15, 0.2) is 0 Å². The Hall–Kier alpha value is -1.01. The molecule has 2 aromatic rings. The predicted molar refractivity (Wildman–Crippen MR) is 76.7 cm³/mol. The average molecular weight is 247 g/mol. The fraction of sp³-hybridized carbons (Fsp3) is 0.375. The molecule has 0 bridgehead atoms. The van der Waals surface area contributed by atoms with Gasteiger partial charge in [0, 0.05) is 5.38 Å². The van der Waals surface area contributed by atoms with Gasteiger partial charge >= 0.3 is 0 Å². The zero-order chi connectivity index (χ0) is 12.3. The van der Waals surface area contributed by atoms with E-state index >= 15 is 0 Å². The van der Waals surface area contributed by atoms with Crippen LogP contribution in [0.5, 0.6) is 0 Å². The highest BCUT2D eigenvalue weighted by molar-refractivity contribution is 6.21. The Morgan fingerprint density at radius 1 is 1.06 bits per heavy atom. The Labute approximate surface area is 109 Å². The SMILES string of the molecule is CCC(C)C(Cl)Cc1cccc2ccccc12. The monoisotopic (exact) mass is 246 g/mol. The maximum atomic E-state index is 6.47. The Kier molecular flexibility index (Phi) is 4.06. The van der Waals surface area contributed by atoms with Gasteiger partial charge in [-0.2, -0.15) is 0 Å². The normalized spacial score (nSPS) is 14.8. The molecule has 2 rings (SSSR count). The molecule has 2 unspecified atom stereocenters. The molecule has 0 aliphatic heterocycles. The minimum absolute atomic E-state index is 0.228. The van der Waals surface area contributed by atoms with Crippen LogP contribution in [0.3, 0.4) is 0 Å². The van der Waals surface area contributed by atoms with Crippen molar-refractivity contribution in [2.75, 3.05) is 0 Å².